The van der Waals surface area contributed by atoms with E-state index in [2.05, 4.69) is 0 Å². The predicted molar refractivity (Wildman–Crippen MR) is 164 cm³/mol. The maximum Gasteiger partial charge on any atom is 0.306 e. The van der Waals surface area contributed by atoms with Crippen molar-refractivity contribution in [3.63, 3.8) is 0 Å². The molecule has 1 aliphatic heterocycles. The number of benzene rings is 2. The lowest BCUT2D eigenvalue weighted by Crippen LogP contribution is -2.49. The summed E-state index contributed by atoms with van der Waals surface area (Å²) in [7, 11) is 3.01. The topological polar surface area (TPSA) is 170 Å². The molecular weight excluding hydrogens is 679 g/mol. The Morgan fingerprint density at radius 1 is 1.00 bits per heavy atom. The summed E-state index contributed by atoms with van der Waals surface area (Å²) in [6, 6.07) is 10.8. The highest BCUT2D eigenvalue weighted by molar-refractivity contribution is 14.1. The van der Waals surface area contributed by atoms with Crippen LogP contribution in [0.3, 0.4) is 0 Å². The van der Waals surface area contributed by atoms with E-state index in [4.69, 9.17) is 48.8 Å². The molecule has 1 aliphatic rings. The summed E-state index contributed by atoms with van der Waals surface area (Å²) in [6.07, 6.45) is -3.25. The smallest absolute Gasteiger partial charge is 0.306 e. The summed E-state index contributed by atoms with van der Waals surface area (Å²) in [5.74, 6) is 1.78. The molecule has 2 aromatic carbocycles. The van der Waals surface area contributed by atoms with Crippen LogP contribution in [-0.2, 0) is 20.9 Å². The highest BCUT2D eigenvalue weighted by atomic mass is 127. The Labute approximate surface area is 265 Å². The SMILES string of the molecule is COc1cc(C(=O)I)c(OC)cc1OCc1cccc(OCCCC(=O)OC(C)(C)C)c1.OC[C@H]1O[C@H](O)C[C@@H](O)[C@@H]1O. The molecule has 1 heterocycles. The van der Waals surface area contributed by atoms with Crippen molar-refractivity contribution in [2.45, 2.75) is 76.8 Å². The Balaban J connectivity index is 0.000000490. The zero-order chi connectivity index (χ0) is 32.2. The van der Waals surface area contributed by atoms with Crippen LogP contribution in [0.15, 0.2) is 36.4 Å². The standard InChI is InChI=1S/C24H29IO7.C6H12O5/c1-24(2,3)32-22(26)10-7-11-30-17-9-6-8-16(12-17)15-31-21-14-19(28-4)18(23(25)27)13-20(21)29-5;7-2-4-6(10)3(8)1-5(9)11-4/h6,8-9,12-14H,7,10-11,15H2,1-5H3;3-10H,1-2H2/t;3-,4-,5+,6+/m.1/s1. The average Bonchev–Trinajstić information content (AvgIpc) is 2.95. The number of ether oxygens (including phenoxy) is 6. The van der Waals surface area contributed by atoms with Crippen molar-refractivity contribution in [3.05, 3.63) is 47.5 Å². The van der Waals surface area contributed by atoms with Crippen molar-refractivity contribution < 1.29 is 58.4 Å². The normalized spacial score (nSPS) is 19.9. The van der Waals surface area contributed by atoms with E-state index >= 15 is 0 Å². The first-order valence-corrected chi connectivity index (χ1v) is 14.7. The van der Waals surface area contributed by atoms with Gasteiger partial charge in [0, 0.05) is 41.5 Å². The minimum atomic E-state index is -1.11. The predicted octanol–water partition coefficient (Wildman–Crippen LogP) is 3.17. The second-order valence-electron chi connectivity index (χ2n) is 10.6. The van der Waals surface area contributed by atoms with Gasteiger partial charge in [-0.25, -0.2) is 0 Å². The Morgan fingerprint density at radius 3 is 2.30 bits per heavy atom. The molecule has 0 aromatic heterocycles. The van der Waals surface area contributed by atoms with Crippen LogP contribution in [0.2, 0.25) is 0 Å². The fourth-order valence-corrected chi connectivity index (χ4v) is 4.33. The zero-order valence-corrected chi connectivity index (χ0v) is 27.1. The summed E-state index contributed by atoms with van der Waals surface area (Å²) in [4.78, 5) is 23.6. The molecule has 4 N–H and O–H groups in total. The molecule has 0 saturated carbocycles. The number of methoxy groups -OCH3 is 2. The molecule has 43 heavy (non-hydrogen) atoms. The molecule has 13 heteroatoms. The Bertz CT molecular complexity index is 1180. The summed E-state index contributed by atoms with van der Waals surface area (Å²) >= 11 is 1.70. The first-order valence-electron chi connectivity index (χ1n) is 13.6. The van der Waals surface area contributed by atoms with Gasteiger partial charge in [-0.2, -0.15) is 0 Å². The highest BCUT2D eigenvalue weighted by Gasteiger charge is 2.35. The van der Waals surface area contributed by atoms with Crippen molar-refractivity contribution in [1.29, 1.82) is 0 Å². The van der Waals surface area contributed by atoms with Gasteiger partial charge in [-0.15, -0.1) is 0 Å². The van der Waals surface area contributed by atoms with Crippen LogP contribution in [0.5, 0.6) is 23.0 Å². The van der Waals surface area contributed by atoms with Gasteiger partial charge in [-0.1, -0.05) is 12.1 Å². The molecule has 1 fully saturated rings. The summed E-state index contributed by atoms with van der Waals surface area (Å²) in [6.45, 7) is 5.80. The molecule has 240 valence electrons. The van der Waals surface area contributed by atoms with Gasteiger partial charge in [0.2, 0.25) is 3.79 Å². The lowest BCUT2D eigenvalue weighted by atomic mass is 10.0. The van der Waals surface area contributed by atoms with Crippen LogP contribution in [0.1, 0.15) is 56.0 Å². The molecule has 0 radical (unpaired) electrons. The number of hydrogen-bond acceptors (Lipinski definition) is 12. The Morgan fingerprint density at radius 2 is 1.70 bits per heavy atom. The van der Waals surface area contributed by atoms with E-state index in [0.29, 0.717) is 48.0 Å². The van der Waals surface area contributed by atoms with Gasteiger partial charge < -0.3 is 48.8 Å². The van der Waals surface area contributed by atoms with Crippen LogP contribution in [-0.4, -0.2) is 87.8 Å². The third-order valence-electron chi connectivity index (χ3n) is 5.93. The minimum Gasteiger partial charge on any atom is -0.496 e. The third-order valence-corrected chi connectivity index (χ3v) is 6.52. The van der Waals surface area contributed by atoms with Gasteiger partial charge in [-0.05, 0) is 51.0 Å². The number of aliphatic hydroxyl groups is 4. The van der Waals surface area contributed by atoms with E-state index in [0.717, 1.165) is 5.56 Å². The van der Waals surface area contributed by atoms with Crippen molar-refractivity contribution in [3.8, 4) is 23.0 Å². The van der Waals surface area contributed by atoms with Gasteiger partial charge in [0.25, 0.3) is 0 Å². The minimum absolute atomic E-state index is 0.0162. The third kappa shape index (κ3) is 12.4. The maximum absolute atomic E-state index is 11.8. The van der Waals surface area contributed by atoms with Crippen LogP contribution in [0, 0.1) is 0 Å². The Hall–Kier alpha value is -2.69. The molecule has 0 unspecified atom stereocenters. The quantitative estimate of drug-likeness (QED) is 0.110. The van der Waals surface area contributed by atoms with E-state index in [-0.39, 0.29) is 22.8 Å². The van der Waals surface area contributed by atoms with E-state index in [1.165, 1.54) is 14.2 Å². The van der Waals surface area contributed by atoms with Gasteiger partial charge in [0.1, 0.15) is 35.9 Å². The fraction of sp³-hybridized carbons (Fsp3) is 0.533. The number of carbonyl (C=O) groups excluding carboxylic acids is 2. The second-order valence-corrected chi connectivity index (χ2v) is 11.5. The van der Waals surface area contributed by atoms with Crippen molar-refractivity contribution >= 4 is 32.4 Å². The molecular formula is C30H41IO12. The molecule has 3 rings (SSSR count). The van der Waals surface area contributed by atoms with Crippen molar-refractivity contribution in [2.75, 3.05) is 27.4 Å². The van der Waals surface area contributed by atoms with E-state index in [1.54, 1.807) is 34.7 Å². The number of hydrogen-bond donors (Lipinski definition) is 4. The lowest BCUT2D eigenvalue weighted by Gasteiger charge is -2.33. The van der Waals surface area contributed by atoms with E-state index < -0.39 is 36.8 Å². The van der Waals surface area contributed by atoms with E-state index in [9.17, 15) is 9.59 Å². The van der Waals surface area contributed by atoms with Crippen LogP contribution in [0.4, 0.5) is 0 Å². The van der Waals surface area contributed by atoms with Gasteiger partial charge in [0.15, 0.2) is 17.8 Å². The van der Waals surface area contributed by atoms with Gasteiger partial charge >= 0.3 is 5.97 Å². The number of esters is 1. The molecule has 0 spiro atoms. The molecule has 2 aromatic rings. The van der Waals surface area contributed by atoms with Crippen LogP contribution >= 0.6 is 22.6 Å². The second kappa shape index (κ2) is 17.6. The summed E-state index contributed by atoms with van der Waals surface area (Å²) in [5, 5.41) is 35.6. The molecule has 1 saturated heterocycles. The fourth-order valence-electron chi connectivity index (χ4n) is 3.90. The van der Waals surface area contributed by atoms with Crippen LogP contribution in [0.25, 0.3) is 0 Å². The maximum atomic E-state index is 11.8. The van der Waals surface area contributed by atoms with Gasteiger partial charge in [-0.3, -0.25) is 9.59 Å². The van der Waals surface area contributed by atoms with Crippen LogP contribution < -0.4 is 18.9 Å². The monoisotopic (exact) mass is 720 g/mol. The van der Waals surface area contributed by atoms with Crippen molar-refractivity contribution in [1.82, 2.24) is 0 Å². The number of halogens is 1. The summed E-state index contributed by atoms with van der Waals surface area (Å²) in [5.41, 5.74) is 0.828. The number of rotatable bonds is 12. The van der Waals surface area contributed by atoms with Gasteiger partial charge in [0.05, 0.1) is 39.1 Å². The first kappa shape index (κ1) is 36.5. The molecule has 0 bridgehead atoms. The highest BCUT2D eigenvalue weighted by Crippen LogP contribution is 2.36. The number of carbonyl (C=O) groups is 2. The number of aliphatic hydroxyl groups excluding tert-OH is 4. The Kier molecular flexibility index (Phi) is 14.9. The largest absolute Gasteiger partial charge is 0.496 e. The summed E-state index contributed by atoms with van der Waals surface area (Å²) < 4.78 is 32.2. The first-order chi connectivity index (χ1) is 20.3. The molecule has 4 atom stereocenters. The zero-order valence-electron chi connectivity index (χ0n) is 24.9. The average molecular weight is 721 g/mol. The molecule has 0 amide bonds. The lowest BCUT2D eigenvalue weighted by molar-refractivity contribution is -0.239. The van der Waals surface area contributed by atoms with Crippen molar-refractivity contribution in [2.24, 2.45) is 0 Å². The van der Waals surface area contributed by atoms with E-state index in [1.807, 2.05) is 45.0 Å². The molecule has 0 aliphatic carbocycles. The molecule has 12 nitrogen and oxygen atoms in total.